The van der Waals surface area contributed by atoms with E-state index >= 15 is 0 Å². The molecule has 6 heteroatoms. The highest BCUT2D eigenvalue weighted by atomic mass is 79.9. The summed E-state index contributed by atoms with van der Waals surface area (Å²) in [5.74, 6) is -1.07. The Morgan fingerprint density at radius 1 is 0.840 bits per heavy atom. The van der Waals surface area contributed by atoms with Crippen molar-refractivity contribution in [2.24, 2.45) is 11.8 Å². The molecule has 1 aliphatic rings. The maximum Gasteiger partial charge on any atom is 0.228 e. The van der Waals surface area contributed by atoms with E-state index in [0.29, 0.717) is 18.5 Å². The fourth-order valence-electron chi connectivity index (χ4n) is 2.83. The lowest BCUT2D eigenvalue weighted by Crippen LogP contribution is -2.37. The van der Waals surface area contributed by atoms with Gasteiger partial charge in [-0.25, -0.2) is 0 Å². The number of hydrogen-bond donors (Lipinski definition) is 2. The second-order valence-corrected chi connectivity index (χ2v) is 6.79. The van der Waals surface area contributed by atoms with Crippen molar-refractivity contribution in [2.75, 3.05) is 10.6 Å². The molecule has 0 saturated heterocycles. The van der Waals surface area contributed by atoms with E-state index in [2.05, 4.69) is 31.5 Å². The van der Waals surface area contributed by atoms with Gasteiger partial charge < -0.3 is 10.6 Å². The fraction of sp³-hybridized carbons (Fsp3) is 0.211. The molecule has 2 aromatic rings. The first-order valence-corrected chi connectivity index (χ1v) is 8.85. The number of allylic oxidation sites excluding steroid dienone is 2. The number of hydrogen-bond acceptors (Lipinski definition) is 3. The predicted molar refractivity (Wildman–Crippen MR) is 101 cm³/mol. The number of benzene rings is 1. The van der Waals surface area contributed by atoms with E-state index in [9.17, 15) is 9.59 Å². The van der Waals surface area contributed by atoms with E-state index < -0.39 is 11.8 Å². The van der Waals surface area contributed by atoms with E-state index in [1.807, 2.05) is 36.4 Å². The number of halogens is 1. The van der Waals surface area contributed by atoms with Crippen molar-refractivity contribution in [2.45, 2.75) is 12.8 Å². The van der Waals surface area contributed by atoms with E-state index in [1.54, 1.807) is 24.5 Å². The number of nitrogens with one attached hydrogen (secondary N) is 2. The fourth-order valence-corrected chi connectivity index (χ4v) is 3.10. The van der Waals surface area contributed by atoms with Crippen LogP contribution in [0, 0.1) is 11.8 Å². The van der Waals surface area contributed by atoms with Crippen LogP contribution in [0.15, 0.2) is 65.4 Å². The Balaban J connectivity index is 1.69. The average molecular weight is 400 g/mol. The Bertz CT molecular complexity index is 775. The summed E-state index contributed by atoms with van der Waals surface area (Å²) in [5, 5.41) is 5.77. The third kappa shape index (κ3) is 4.54. The van der Waals surface area contributed by atoms with Gasteiger partial charge in [0.25, 0.3) is 0 Å². The second-order valence-electron chi connectivity index (χ2n) is 5.88. The minimum atomic E-state index is -0.395. The summed E-state index contributed by atoms with van der Waals surface area (Å²) in [6.45, 7) is 0. The maximum absolute atomic E-state index is 12.7. The minimum absolute atomic E-state index is 0.137. The summed E-state index contributed by atoms with van der Waals surface area (Å²) in [6.07, 6.45) is 8.26. The number of nitrogens with zero attached hydrogens (tertiary/aromatic N) is 1. The van der Waals surface area contributed by atoms with Gasteiger partial charge in [-0.1, -0.05) is 28.1 Å². The number of pyridine rings is 1. The number of amides is 2. The Morgan fingerprint density at radius 2 is 1.32 bits per heavy atom. The van der Waals surface area contributed by atoms with Gasteiger partial charge in [0.2, 0.25) is 11.8 Å². The van der Waals surface area contributed by atoms with Gasteiger partial charge in [-0.3, -0.25) is 14.6 Å². The average Bonchev–Trinajstić information content (AvgIpc) is 2.64. The first-order valence-electron chi connectivity index (χ1n) is 8.06. The highest BCUT2D eigenvalue weighted by Gasteiger charge is 2.34. The van der Waals surface area contributed by atoms with Crippen molar-refractivity contribution in [3.63, 3.8) is 0 Å². The summed E-state index contributed by atoms with van der Waals surface area (Å²) in [7, 11) is 0. The number of rotatable bonds is 4. The molecule has 2 N–H and O–H groups in total. The maximum atomic E-state index is 12.7. The largest absolute Gasteiger partial charge is 0.326 e. The van der Waals surface area contributed by atoms with Gasteiger partial charge >= 0.3 is 0 Å². The number of carbonyl (C=O) groups excluding carboxylic acids is 2. The summed E-state index contributed by atoms with van der Waals surface area (Å²) >= 11 is 3.37. The Morgan fingerprint density at radius 3 is 1.84 bits per heavy atom. The highest BCUT2D eigenvalue weighted by Crippen LogP contribution is 2.28. The van der Waals surface area contributed by atoms with E-state index in [4.69, 9.17) is 0 Å². The number of carbonyl (C=O) groups is 2. The molecule has 0 fully saturated rings. The van der Waals surface area contributed by atoms with Crippen LogP contribution in [0.5, 0.6) is 0 Å². The molecule has 2 amide bonds. The molecule has 0 bridgehead atoms. The molecule has 1 heterocycles. The van der Waals surface area contributed by atoms with Gasteiger partial charge in [-0.05, 0) is 49.2 Å². The molecule has 0 aliphatic heterocycles. The molecule has 5 nitrogen and oxygen atoms in total. The lowest BCUT2D eigenvalue weighted by Gasteiger charge is -2.26. The Hall–Kier alpha value is -2.47. The first kappa shape index (κ1) is 17.4. The van der Waals surface area contributed by atoms with Gasteiger partial charge in [0, 0.05) is 28.2 Å². The zero-order chi connectivity index (χ0) is 17.6. The summed E-state index contributed by atoms with van der Waals surface area (Å²) in [4.78, 5) is 29.2. The van der Waals surface area contributed by atoms with Crippen molar-refractivity contribution >= 4 is 39.1 Å². The zero-order valence-corrected chi connectivity index (χ0v) is 15.1. The van der Waals surface area contributed by atoms with Crippen molar-refractivity contribution in [1.29, 1.82) is 0 Å². The van der Waals surface area contributed by atoms with Crippen molar-refractivity contribution in [3.05, 3.63) is 65.4 Å². The summed E-state index contributed by atoms with van der Waals surface area (Å²) < 4.78 is 0.945. The highest BCUT2D eigenvalue weighted by molar-refractivity contribution is 9.10. The SMILES string of the molecule is O=C(Nc1ccncc1)C1CC=CCC1C(=O)Nc1ccc(Br)cc1. The molecule has 0 saturated carbocycles. The molecule has 128 valence electrons. The second kappa shape index (κ2) is 8.07. The molecule has 1 aliphatic carbocycles. The van der Waals surface area contributed by atoms with Gasteiger partial charge in [-0.2, -0.15) is 0 Å². The lowest BCUT2D eigenvalue weighted by atomic mass is 9.81. The Labute approximate surface area is 154 Å². The minimum Gasteiger partial charge on any atom is -0.326 e. The zero-order valence-electron chi connectivity index (χ0n) is 13.5. The molecular formula is C19H18BrN3O2. The van der Waals surface area contributed by atoms with Crippen molar-refractivity contribution < 1.29 is 9.59 Å². The van der Waals surface area contributed by atoms with Crippen LogP contribution < -0.4 is 10.6 Å². The molecular weight excluding hydrogens is 382 g/mol. The Kier molecular flexibility index (Phi) is 5.60. The summed E-state index contributed by atoms with van der Waals surface area (Å²) in [5.41, 5.74) is 1.40. The molecule has 3 rings (SSSR count). The van der Waals surface area contributed by atoms with Crippen LogP contribution in [0.3, 0.4) is 0 Å². The molecule has 2 atom stereocenters. The van der Waals surface area contributed by atoms with E-state index in [-0.39, 0.29) is 11.8 Å². The molecule has 1 aromatic carbocycles. The van der Waals surface area contributed by atoms with Gasteiger partial charge in [0.05, 0.1) is 11.8 Å². The number of aromatic nitrogens is 1. The van der Waals surface area contributed by atoms with Crippen LogP contribution in [-0.2, 0) is 9.59 Å². The predicted octanol–water partition coefficient (Wildman–Crippen LogP) is 4.00. The van der Waals surface area contributed by atoms with E-state index in [0.717, 1.165) is 10.2 Å². The lowest BCUT2D eigenvalue weighted by molar-refractivity contribution is -0.129. The summed E-state index contributed by atoms with van der Waals surface area (Å²) in [6, 6.07) is 10.8. The van der Waals surface area contributed by atoms with E-state index in [1.165, 1.54) is 0 Å². The molecule has 2 unspecified atom stereocenters. The van der Waals surface area contributed by atoms with Crippen LogP contribution >= 0.6 is 15.9 Å². The first-order chi connectivity index (χ1) is 12.1. The molecule has 0 spiro atoms. The van der Waals surface area contributed by atoms with Gasteiger partial charge in [-0.15, -0.1) is 0 Å². The van der Waals surface area contributed by atoms with Crippen molar-refractivity contribution in [3.8, 4) is 0 Å². The smallest absolute Gasteiger partial charge is 0.228 e. The monoisotopic (exact) mass is 399 g/mol. The van der Waals surface area contributed by atoms with Crippen LogP contribution in [0.2, 0.25) is 0 Å². The topological polar surface area (TPSA) is 71.1 Å². The third-order valence-corrected chi connectivity index (χ3v) is 4.69. The molecule has 25 heavy (non-hydrogen) atoms. The molecule has 1 aromatic heterocycles. The van der Waals surface area contributed by atoms with Crippen LogP contribution in [-0.4, -0.2) is 16.8 Å². The third-order valence-electron chi connectivity index (χ3n) is 4.17. The normalized spacial score (nSPS) is 19.2. The van der Waals surface area contributed by atoms with Crippen LogP contribution in [0.4, 0.5) is 11.4 Å². The number of anilines is 2. The van der Waals surface area contributed by atoms with Gasteiger partial charge in [0.1, 0.15) is 0 Å². The molecule has 0 radical (unpaired) electrons. The quantitative estimate of drug-likeness (QED) is 0.763. The van der Waals surface area contributed by atoms with Crippen molar-refractivity contribution in [1.82, 2.24) is 4.98 Å². The standard InChI is InChI=1S/C19H18BrN3O2/c20-13-5-7-14(8-6-13)22-18(24)16-3-1-2-4-17(16)19(25)23-15-9-11-21-12-10-15/h1-2,5-12,16-17H,3-4H2,(H,22,24)(H,21,23,25). The van der Waals surface area contributed by atoms with Gasteiger partial charge in [0.15, 0.2) is 0 Å². The van der Waals surface area contributed by atoms with Crippen LogP contribution in [0.1, 0.15) is 12.8 Å². The van der Waals surface area contributed by atoms with Crippen LogP contribution in [0.25, 0.3) is 0 Å².